The molecule has 0 aliphatic rings. The summed E-state index contributed by atoms with van der Waals surface area (Å²) in [6.07, 6.45) is 0.799. The van der Waals surface area contributed by atoms with Gasteiger partial charge in [-0.25, -0.2) is 4.85 Å². The van der Waals surface area contributed by atoms with Gasteiger partial charge < -0.3 is 15.0 Å². The van der Waals surface area contributed by atoms with Gasteiger partial charge in [-0.05, 0) is 57.9 Å². The summed E-state index contributed by atoms with van der Waals surface area (Å²) in [5.74, 6) is 0.193. The Hall–Kier alpha value is -3.07. The molecule has 0 bridgehead atoms. The summed E-state index contributed by atoms with van der Waals surface area (Å²) in [6, 6.07) is 5.07. The second kappa shape index (κ2) is 8.54. The van der Waals surface area contributed by atoms with Crippen LogP contribution < -0.4 is 15.6 Å². The Labute approximate surface area is 159 Å². The molecule has 2 rings (SSSR count). The molecule has 6 nitrogen and oxygen atoms in total. The van der Waals surface area contributed by atoms with Gasteiger partial charge in [-0.15, -0.1) is 0 Å². The van der Waals surface area contributed by atoms with E-state index in [-0.39, 0.29) is 24.1 Å². The van der Waals surface area contributed by atoms with Gasteiger partial charge in [0.25, 0.3) is 11.5 Å². The summed E-state index contributed by atoms with van der Waals surface area (Å²) in [5.41, 5.74) is 3.30. The van der Waals surface area contributed by atoms with E-state index in [1.54, 1.807) is 19.1 Å². The van der Waals surface area contributed by atoms with Crippen LogP contribution in [0.15, 0.2) is 23.0 Å². The zero-order chi connectivity index (χ0) is 20.1. The second-order valence-corrected chi connectivity index (χ2v) is 6.69. The van der Waals surface area contributed by atoms with Crippen molar-refractivity contribution in [3.8, 4) is 5.75 Å². The number of benzene rings is 1. The Morgan fingerprint density at radius 2 is 2.00 bits per heavy atom. The topological polar surface area (TPSA) is 75.5 Å². The third-order valence-corrected chi connectivity index (χ3v) is 4.54. The third-order valence-electron chi connectivity index (χ3n) is 4.54. The van der Waals surface area contributed by atoms with E-state index >= 15 is 0 Å². The highest BCUT2D eigenvalue weighted by molar-refractivity contribution is 5.97. The minimum atomic E-state index is -0.341. The Balaban J connectivity index is 2.29. The molecular formula is C21H25N3O3. The first-order chi connectivity index (χ1) is 12.8. The fraction of sp³-hybridized carbons (Fsp3) is 0.381. The molecule has 142 valence electrons. The van der Waals surface area contributed by atoms with E-state index in [1.807, 2.05) is 33.8 Å². The van der Waals surface area contributed by atoms with Crippen LogP contribution in [0.2, 0.25) is 0 Å². The van der Waals surface area contributed by atoms with Crippen molar-refractivity contribution in [2.45, 2.75) is 53.7 Å². The van der Waals surface area contributed by atoms with E-state index in [0.717, 1.165) is 17.7 Å². The number of pyridine rings is 1. The summed E-state index contributed by atoms with van der Waals surface area (Å²) < 4.78 is 5.86. The Morgan fingerprint density at radius 1 is 1.30 bits per heavy atom. The van der Waals surface area contributed by atoms with E-state index in [4.69, 9.17) is 11.3 Å². The van der Waals surface area contributed by atoms with Crippen molar-refractivity contribution >= 4 is 11.6 Å². The van der Waals surface area contributed by atoms with Gasteiger partial charge in [-0.2, -0.15) is 0 Å². The normalized spacial score (nSPS) is 11.6. The zero-order valence-electron chi connectivity index (χ0n) is 16.4. The number of aromatic amines is 1. The molecule has 2 aromatic rings. The number of rotatable bonds is 6. The molecule has 1 unspecified atom stereocenters. The SMILES string of the molecule is [C-]#[N+]c1cc(OC(C)CC)c(C)c(C(=O)NCc2c(C)cc(C)[nH]c2=O)c1. The van der Waals surface area contributed by atoms with Crippen LogP contribution in [0.3, 0.4) is 0 Å². The molecule has 1 atom stereocenters. The number of hydrogen-bond acceptors (Lipinski definition) is 3. The van der Waals surface area contributed by atoms with Gasteiger partial charge in [-0.1, -0.05) is 6.92 Å². The van der Waals surface area contributed by atoms with Crippen molar-refractivity contribution in [3.05, 3.63) is 67.9 Å². The van der Waals surface area contributed by atoms with Gasteiger partial charge in [0.1, 0.15) is 5.75 Å². The number of aryl methyl sites for hydroxylation is 2. The minimum Gasteiger partial charge on any atom is -0.492 e. The van der Waals surface area contributed by atoms with Gasteiger partial charge in [0, 0.05) is 28.9 Å². The smallest absolute Gasteiger partial charge is 0.253 e. The summed E-state index contributed by atoms with van der Waals surface area (Å²) in [6.45, 7) is 16.8. The van der Waals surface area contributed by atoms with E-state index in [2.05, 4.69) is 15.1 Å². The molecule has 1 amide bonds. The maximum Gasteiger partial charge on any atom is 0.253 e. The summed E-state index contributed by atoms with van der Waals surface area (Å²) >= 11 is 0. The summed E-state index contributed by atoms with van der Waals surface area (Å²) in [4.78, 5) is 31.0. The third kappa shape index (κ3) is 4.76. The van der Waals surface area contributed by atoms with Crippen molar-refractivity contribution in [1.29, 1.82) is 0 Å². The second-order valence-electron chi connectivity index (χ2n) is 6.69. The molecule has 0 spiro atoms. The van der Waals surface area contributed by atoms with Gasteiger partial charge in [0.2, 0.25) is 0 Å². The molecule has 0 radical (unpaired) electrons. The number of nitrogens with one attached hydrogen (secondary N) is 2. The highest BCUT2D eigenvalue weighted by Gasteiger charge is 2.17. The molecule has 1 aromatic heterocycles. The largest absolute Gasteiger partial charge is 0.492 e. The zero-order valence-corrected chi connectivity index (χ0v) is 16.4. The fourth-order valence-electron chi connectivity index (χ4n) is 2.76. The molecule has 1 aromatic carbocycles. The number of nitrogens with zero attached hydrogens (tertiary/aromatic N) is 1. The molecule has 6 heteroatoms. The molecule has 0 aliphatic carbocycles. The molecule has 27 heavy (non-hydrogen) atoms. The highest BCUT2D eigenvalue weighted by atomic mass is 16.5. The first kappa shape index (κ1) is 20.2. The number of carbonyl (C=O) groups excluding carboxylic acids is 1. The van der Waals surface area contributed by atoms with Gasteiger partial charge in [-0.3, -0.25) is 9.59 Å². The van der Waals surface area contributed by atoms with Crippen LogP contribution in [-0.2, 0) is 6.54 Å². The monoisotopic (exact) mass is 367 g/mol. The quantitative estimate of drug-likeness (QED) is 0.759. The van der Waals surface area contributed by atoms with Crippen LogP contribution in [0.25, 0.3) is 4.85 Å². The Bertz CT molecular complexity index is 954. The lowest BCUT2D eigenvalue weighted by Crippen LogP contribution is -2.28. The average Bonchev–Trinajstić information content (AvgIpc) is 2.62. The standard InChI is InChI=1S/C21H25N3O3/c1-7-14(4)27-19-10-16(22-6)9-17(15(19)5)20(25)23-11-18-12(2)8-13(3)24-21(18)26/h8-10,14H,7,11H2,1-5H3,(H,23,25)(H,24,26). The fourth-order valence-corrected chi connectivity index (χ4v) is 2.76. The lowest BCUT2D eigenvalue weighted by atomic mass is 10.0. The van der Waals surface area contributed by atoms with Gasteiger partial charge in [0.05, 0.1) is 12.7 Å². The lowest BCUT2D eigenvalue weighted by Gasteiger charge is -2.17. The van der Waals surface area contributed by atoms with Crippen LogP contribution >= 0.6 is 0 Å². The maximum absolute atomic E-state index is 12.7. The lowest BCUT2D eigenvalue weighted by molar-refractivity contribution is 0.0949. The van der Waals surface area contributed by atoms with Crippen molar-refractivity contribution < 1.29 is 9.53 Å². The van der Waals surface area contributed by atoms with E-state index in [9.17, 15) is 9.59 Å². The average molecular weight is 367 g/mol. The minimum absolute atomic E-state index is 0.0191. The molecule has 0 saturated heterocycles. The molecule has 2 N–H and O–H groups in total. The number of ether oxygens (including phenoxy) is 1. The molecular weight excluding hydrogens is 342 g/mol. The first-order valence-corrected chi connectivity index (χ1v) is 8.93. The molecule has 0 saturated carbocycles. The van der Waals surface area contributed by atoms with Crippen LogP contribution in [-0.4, -0.2) is 17.0 Å². The van der Waals surface area contributed by atoms with Crippen LogP contribution in [0.5, 0.6) is 5.75 Å². The predicted molar refractivity (Wildman–Crippen MR) is 106 cm³/mol. The van der Waals surface area contributed by atoms with Crippen LogP contribution in [0.4, 0.5) is 5.69 Å². The number of aromatic nitrogens is 1. The van der Waals surface area contributed by atoms with Crippen molar-refractivity contribution in [2.24, 2.45) is 0 Å². The van der Waals surface area contributed by atoms with Crippen LogP contribution in [0, 0.1) is 27.3 Å². The van der Waals surface area contributed by atoms with Gasteiger partial charge in [0.15, 0.2) is 5.69 Å². The maximum atomic E-state index is 12.7. The highest BCUT2D eigenvalue weighted by Crippen LogP contribution is 2.30. The van der Waals surface area contributed by atoms with E-state index in [0.29, 0.717) is 28.1 Å². The predicted octanol–water partition coefficient (Wildman–Crippen LogP) is 3.96. The Kier molecular flexibility index (Phi) is 6.40. The molecule has 0 aliphatic heterocycles. The molecule has 1 heterocycles. The van der Waals surface area contributed by atoms with E-state index in [1.165, 1.54) is 0 Å². The van der Waals surface area contributed by atoms with E-state index < -0.39 is 0 Å². The number of hydrogen-bond donors (Lipinski definition) is 2. The summed E-state index contributed by atoms with van der Waals surface area (Å²) in [7, 11) is 0. The van der Waals surface area contributed by atoms with Crippen molar-refractivity contribution in [2.75, 3.05) is 0 Å². The van der Waals surface area contributed by atoms with Crippen molar-refractivity contribution in [3.63, 3.8) is 0 Å². The van der Waals surface area contributed by atoms with Gasteiger partial charge >= 0.3 is 0 Å². The molecule has 0 fully saturated rings. The number of carbonyl (C=O) groups is 1. The summed E-state index contributed by atoms with van der Waals surface area (Å²) in [5, 5.41) is 2.79. The van der Waals surface area contributed by atoms with Crippen molar-refractivity contribution in [1.82, 2.24) is 10.3 Å². The Morgan fingerprint density at radius 3 is 2.59 bits per heavy atom. The number of H-pyrrole nitrogens is 1. The van der Waals surface area contributed by atoms with Crippen LogP contribution in [0.1, 0.15) is 53.0 Å². The first-order valence-electron chi connectivity index (χ1n) is 8.93. The number of amides is 1.